The van der Waals surface area contributed by atoms with Gasteiger partial charge in [-0.1, -0.05) is 0 Å². The zero-order chi connectivity index (χ0) is 10.6. The normalized spacial score (nSPS) is 23.5. The molecule has 1 fully saturated rings. The molecule has 3 nitrogen and oxygen atoms in total. The number of carbonyl (C=O) groups is 1. The van der Waals surface area contributed by atoms with E-state index < -0.39 is 0 Å². The predicted octanol–water partition coefficient (Wildman–Crippen LogP) is 1.11. The van der Waals surface area contributed by atoms with Crippen molar-refractivity contribution in [2.75, 3.05) is 18.6 Å². The second-order valence-electron chi connectivity index (χ2n) is 3.91. The van der Waals surface area contributed by atoms with Gasteiger partial charge in [-0.15, -0.1) is 0 Å². The number of thioether (sulfide) groups is 1. The van der Waals surface area contributed by atoms with E-state index in [4.69, 9.17) is 5.11 Å². The van der Waals surface area contributed by atoms with Crippen molar-refractivity contribution in [1.29, 1.82) is 0 Å². The standard InChI is InChI=1S/C10H19NO2S/c1-8(12)3-4-10(13)11(2)9-5-6-14-7-9/h8-9,12H,3-7H2,1-2H3. The van der Waals surface area contributed by atoms with Crippen LogP contribution in [0.5, 0.6) is 0 Å². The Balaban J connectivity index is 2.28. The molecule has 1 amide bonds. The molecule has 0 aliphatic carbocycles. The number of aliphatic hydroxyl groups is 1. The molecule has 1 saturated heterocycles. The molecule has 0 bridgehead atoms. The lowest BCUT2D eigenvalue weighted by atomic mass is 10.1. The molecule has 1 rings (SSSR count). The molecule has 0 aromatic rings. The van der Waals surface area contributed by atoms with E-state index in [-0.39, 0.29) is 12.0 Å². The van der Waals surface area contributed by atoms with Crippen molar-refractivity contribution in [2.45, 2.75) is 38.3 Å². The van der Waals surface area contributed by atoms with E-state index in [1.807, 2.05) is 23.7 Å². The van der Waals surface area contributed by atoms with Crippen LogP contribution in [-0.4, -0.2) is 46.6 Å². The summed E-state index contributed by atoms with van der Waals surface area (Å²) in [5.74, 6) is 2.40. The fourth-order valence-corrected chi connectivity index (χ4v) is 2.81. The summed E-state index contributed by atoms with van der Waals surface area (Å²) in [4.78, 5) is 13.5. The minimum Gasteiger partial charge on any atom is -0.393 e. The summed E-state index contributed by atoms with van der Waals surface area (Å²) in [5, 5.41) is 9.07. The molecule has 0 aromatic carbocycles. The lowest BCUT2D eigenvalue weighted by molar-refractivity contribution is -0.132. The highest BCUT2D eigenvalue weighted by molar-refractivity contribution is 7.99. The summed E-state index contributed by atoms with van der Waals surface area (Å²) < 4.78 is 0. The first-order valence-corrected chi connectivity index (χ1v) is 6.28. The molecule has 1 aliphatic rings. The number of hydrogen-bond donors (Lipinski definition) is 1. The van der Waals surface area contributed by atoms with E-state index in [2.05, 4.69) is 0 Å². The van der Waals surface area contributed by atoms with Gasteiger partial charge in [0.05, 0.1) is 6.10 Å². The van der Waals surface area contributed by atoms with Crippen molar-refractivity contribution in [2.24, 2.45) is 0 Å². The van der Waals surface area contributed by atoms with E-state index >= 15 is 0 Å². The molecule has 0 spiro atoms. The zero-order valence-electron chi connectivity index (χ0n) is 8.90. The lowest BCUT2D eigenvalue weighted by Crippen LogP contribution is -2.37. The number of amides is 1. The van der Waals surface area contributed by atoms with Crippen LogP contribution in [0.15, 0.2) is 0 Å². The van der Waals surface area contributed by atoms with Crippen LogP contribution in [0.2, 0.25) is 0 Å². The summed E-state index contributed by atoms with van der Waals surface area (Å²) in [6.45, 7) is 1.72. The van der Waals surface area contributed by atoms with Crippen molar-refractivity contribution >= 4 is 17.7 Å². The van der Waals surface area contributed by atoms with Gasteiger partial charge in [0.25, 0.3) is 0 Å². The van der Waals surface area contributed by atoms with Crippen molar-refractivity contribution in [1.82, 2.24) is 4.90 Å². The number of carbonyl (C=O) groups excluding carboxylic acids is 1. The highest BCUT2D eigenvalue weighted by Gasteiger charge is 2.23. The summed E-state index contributed by atoms with van der Waals surface area (Å²) in [5.41, 5.74) is 0. The molecule has 0 saturated carbocycles. The van der Waals surface area contributed by atoms with Gasteiger partial charge < -0.3 is 10.0 Å². The minimum absolute atomic E-state index is 0.165. The molecule has 1 heterocycles. The maximum atomic E-state index is 11.6. The van der Waals surface area contributed by atoms with Gasteiger partial charge in [0.1, 0.15) is 0 Å². The summed E-state index contributed by atoms with van der Waals surface area (Å²) in [7, 11) is 1.88. The van der Waals surface area contributed by atoms with Crippen LogP contribution in [0.3, 0.4) is 0 Å². The van der Waals surface area contributed by atoms with Crippen LogP contribution in [0, 0.1) is 0 Å². The third kappa shape index (κ3) is 3.50. The predicted molar refractivity (Wildman–Crippen MR) is 59.4 cm³/mol. The third-order valence-electron chi connectivity index (χ3n) is 2.62. The summed E-state index contributed by atoms with van der Waals surface area (Å²) in [6, 6.07) is 0.418. The van der Waals surface area contributed by atoms with Gasteiger partial charge in [0.15, 0.2) is 0 Å². The molecule has 4 heteroatoms. The zero-order valence-corrected chi connectivity index (χ0v) is 9.72. The van der Waals surface area contributed by atoms with Gasteiger partial charge >= 0.3 is 0 Å². The Morgan fingerprint density at radius 1 is 1.71 bits per heavy atom. The third-order valence-corrected chi connectivity index (χ3v) is 3.77. The average molecular weight is 217 g/mol. The van der Waals surface area contributed by atoms with Crippen LogP contribution >= 0.6 is 11.8 Å². The van der Waals surface area contributed by atoms with Gasteiger partial charge in [0.2, 0.25) is 5.91 Å². The first-order chi connectivity index (χ1) is 6.61. The Kier molecular flexibility index (Phi) is 4.75. The monoisotopic (exact) mass is 217 g/mol. The Morgan fingerprint density at radius 2 is 2.43 bits per heavy atom. The Bertz CT molecular complexity index is 191. The van der Waals surface area contributed by atoms with Crippen LogP contribution in [0.25, 0.3) is 0 Å². The first-order valence-electron chi connectivity index (χ1n) is 5.12. The molecule has 2 unspecified atom stereocenters. The molecule has 2 atom stereocenters. The van der Waals surface area contributed by atoms with E-state index in [9.17, 15) is 4.79 Å². The van der Waals surface area contributed by atoms with Gasteiger partial charge in [-0.05, 0) is 25.5 Å². The minimum atomic E-state index is -0.370. The summed E-state index contributed by atoms with van der Waals surface area (Å²) >= 11 is 1.91. The molecular weight excluding hydrogens is 198 g/mol. The van der Waals surface area contributed by atoms with Crippen molar-refractivity contribution in [3.05, 3.63) is 0 Å². The van der Waals surface area contributed by atoms with Crippen LogP contribution in [-0.2, 0) is 4.79 Å². The topological polar surface area (TPSA) is 40.5 Å². The molecule has 0 radical (unpaired) electrons. The van der Waals surface area contributed by atoms with E-state index in [1.54, 1.807) is 6.92 Å². The van der Waals surface area contributed by atoms with Crippen molar-refractivity contribution in [3.8, 4) is 0 Å². The molecular formula is C10H19NO2S. The highest BCUT2D eigenvalue weighted by atomic mass is 32.2. The van der Waals surface area contributed by atoms with Gasteiger partial charge in [-0.3, -0.25) is 4.79 Å². The summed E-state index contributed by atoms with van der Waals surface area (Å²) in [6.07, 6.45) is 1.78. The number of nitrogens with zero attached hydrogens (tertiary/aromatic N) is 1. The van der Waals surface area contributed by atoms with E-state index in [0.29, 0.717) is 18.9 Å². The molecule has 0 aromatic heterocycles. The molecule has 1 N–H and O–H groups in total. The lowest BCUT2D eigenvalue weighted by Gasteiger charge is -2.24. The van der Waals surface area contributed by atoms with Gasteiger partial charge in [-0.25, -0.2) is 0 Å². The van der Waals surface area contributed by atoms with Crippen LogP contribution < -0.4 is 0 Å². The number of hydrogen-bond acceptors (Lipinski definition) is 3. The van der Waals surface area contributed by atoms with Crippen LogP contribution in [0.1, 0.15) is 26.2 Å². The smallest absolute Gasteiger partial charge is 0.222 e. The Hall–Kier alpha value is -0.220. The van der Waals surface area contributed by atoms with E-state index in [0.717, 1.165) is 12.2 Å². The highest BCUT2D eigenvalue weighted by Crippen LogP contribution is 2.21. The Morgan fingerprint density at radius 3 is 2.93 bits per heavy atom. The van der Waals surface area contributed by atoms with Crippen molar-refractivity contribution in [3.63, 3.8) is 0 Å². The maximum absolute atomic E-state index is 11.6. The fraction of sp³-hybridized carbons (Fsp3) is 0.900. The van der Waals surface area contributed by atoms with Gasteiger partial charge in [-0.2, -0.15) is 11.8 Å². The van der Waals surface area contributed by atoms with Crippen molar-refractivity contribution < 1.29 is 9.90 Å². The molecule has 14 heavy (non-hydrogen) atoms. The SMILES string of the molecule is CC(O)CCC(=O)N(C)C1CCSC1. The first kappa shape index (κ1) is 11.9. The Labute approximate surface area is 89.9 Å². The molecule has 82 valence electrons. The molecule has 1 aliphatic heterocycles. The quantitative estimate of drug-likeness (QED) is 0.767. The van der Waals surface area contributed by atoms with Gasteiger partial charge in [0, 0.05) is 25.3 Å². The number of aliphatic hydroxyl groups excluding tert-OH is 1. The van der Waals surface area contributed by atoms with E-state index in [1.165, 1.54) is 5.75 Å². The second kappa shape index (κ2) is 5.61. The fourth-order valence-electron chi connectivity index (χ4n) is 1.54. The largest absolute Gasteiger partial charge is 0.393 e. The number of rotatable bonds is 4. The van der Waals surface area contributed by atoms with Crippen LogP contribution in [0.4, 0.5) is 0 Å². The maximum Gasteiger partial charge on any atom is 0.222 e. The average Bonchev–Trinajstić information content (AvgIpc) is 2.65. The second-order valence-corrected chi connectivity index (χ2v) is 5.06.